The predicted molar refractivity (Wildman–Crippen MR) is 110 cm³/mol. The maximum Gasteiger partial charge on any atom is 0.318 e. The molecule has 1 aliphatic heterocycles. The Morgan fingerprint density at radius 2 is 1.68 bits per heavy atom. The molecule has 3 amide bonds. The van der Waals surface area contributed by atoms with E-state index in [4.69, 9.17) is 5.73 Å². The highest BCUT2D eigenvalue weighted by atomic mass is 16.2. The van der Waals surface area contributed by atoms with Gasteiger partial charge in [0.1, 0.15) is 0 Å². The topological polar surface area (TPSA) is 78.7 Å². The number of nitrogens with one attached hydrogen (secondary N) is 1. The summed E-state index contributed by atoms with van der Waals surface area (Å²) in [6.45, 7) is 5.49. The molecule has 1 heterocycles. The molecule has 3 N–H and O–H groups in total. The molecule has 148 valence electrons. The van der Waals surface area contributed by atoms with E-state index in [-0.39, 0.29) is 18.0 Å². The number of benzene rings is 2. The van der Waals surface area contributed by atoms with Crippen molar-refractivity contribution in [3.05, 3.63) is 71.3 Å². The van der Waals surface area contributed by atoms with Gasteiger partial charge in [0.15, 0.2) is 0 Å². The van der Waals surface area contributed by atoms with Gasteiger partial charge in [-0.3, -0.25) is 9.69 Å². The van der Waals surface area contributed by atoms with E-state index < -0.39 is 0 Å². The van der Waals surface area contributed by atoms with Crippen LogP contribution in [-0.2, 0) is 4.79 Å². The van der Waals surface area contributed by atoms with Crippen molar-refractivity contribution in [2.45, 2.75) is 19.4 Å². The molecule has 0 unspecified atom stereocenters. The van der Waals surface area contributed by atoms with Crippen molar-refractivity contribution in [1.29, 1.82) is 0 Å². The Bertz CT molecular complexity index is 801. The highest BCUT2D eigenvalue weighted by Crippen LogP contribution is 2.23. The second kappa shape index (κ2) is 9.37. The third-order valence-corrected chi connectivity index (χ3v) is 5.11. The summed E-state index contributed by atoms with van der Waals surface area (Å²) in [6, 6.07) is 18.0. The van der Waals surface area contributed by atoms with Crippen molar-refractivity contribution in [1.82, 2.24) is 15.1 Å². The standard InChI is InChI=1S/C22H28N4O2/c1-17-6-5-9-19(16-17)21(18-7-3-2-4-8-18)24-22(28)26-14-12-25(13-15-26)11-10-20(23)27/h2-9,16,21H,10-15H2,1H3,(H2,23,27)(H,24,28)/t21-/m0/s1. The number of hydrogen-bond donors (Lipinski definition) is 2. The van der Waals surface area contributed by atoms with Crippen LogP contribution in [0.15, 0.2) is 54.6 Å². The molecular weight excluding hydrogens is 352 g/mol. The first-order valence-electron chi connectivity index (χ1n) is 9.70. The zero-order valence-electron chi connectivity index (χ0n) is 16.3. The van der Waals surface area contributed by atoms with E-state index in [2.05, 4.69) is 29.3 Å². The smallest absolute Gasteiger partial charge is 0.318 e. The Hall–Kier alpha value is -2.86. The van der Waals surface area contributed by atoms with Crippen molar-refractivity contribution >= 4 is 11.9 Å². The number of aryl methyl sites for hydroxylation is 1. The molecule has 28 heavy (non-hydrogen) atoms. The summed E-state index contributed by atoms with van der Waals surface area (Å²) < 4.78 is 0. The van der Waals surface area contributed by atoms with Crippen LogP contribution in [0.1, 0.15) is 29.2 Å². The lowest BCUT2D eigenvalue weighted by Crippen LogP contribution is -2.52. The van der Waals surface area contributed by atoms with E-state index in [0.717, 1.165) is 29.8 Å². The molecule has 0 aliphatic carbocycles. The molecule has 3 rings (SSSR count). The maximum absolute atomic E-state index is 12.9. The Morgan fingerprint density at radius 3 is 2.32 bits per heavy atom. The number of amides is 3. The molecule has 2 aromatic carbocycles. The van der Waals surface area contributed by atoms with E-state index >= 15 is 0 Å². The molecule has 1 saturated heterocycles. The summed E-state index contributed by atoms with van der Waals surface area (Å²) in [7, 11) is 0. The fourth-order valence-electron chi connectivity index (χ4n) is 3.51. The van der Waals surface area contributed by atoms with Crippen LogP contribution in [0.4, 0.5) is 4.79 Å². The molecule has 0 radical (unpaired) electrons. The molecule has 1 atom stereocenters. The SMILES string of the molecule is Cc1cccc([C@@H](NC(=O)N2CCN(CCC(N)=O)CC2)c2ccccc2)c1. The Kier molecular flexibility index (Phi) is 6.66. The number of hydrogen-bond acceptors (Lipinski definition) is 3. The molecule has 1 aliphatic rings. The second-order valence-corrected chi connectivity index (χ2v) is 7.25. The minimum absolute atomic E-state index is 0.0649. The van der Waals surface area contributed by atoms with Crippen molar-refractivity contribution in [3.63, 3.8) is 0 Å². The van der Waals surface area contributed by atoms with Crippen LogP contribution in [-0.4, -0.2) is 54.5 Å². The second-order valence-electron chi connectivity index (χ2n) is 7.25. The minimum atomic E-state index is -0.288. The number of primary amides is 1. The lowest BCUT2D eigenvalue weighted by molar-refractivity contribution is -0.118. The Labute approximate surface area is 166 Å². The summed E-state index contributed by atoms with van der Waals surface area (Å²) in [5.74, 6) is -0.288. The maximum atomic E-state index is 12.9. The molecule has 6 nitrogen and oxygen atoms in total. The molecule has 0 saturated carbocycles. The lowest BCUT2D eigenvalue weighted by atomic mass is 9.97. The van der Waals surface area contributed by atoms with Crippen LogP contribution >= 0.6 is 0 Å². The first-order valence-corrected chi connectivity index (χ1v) is 9.70. The van der Waals surface area contributed by atoms with Crippen molar-refractivity contribution in [3.8, 4) is 0 Å². The van der Waals surface area contributed by atoms with E-state index in [1.165, 1.54) is 0 Å². The fourth-order valence-corrected chi connectivity index (χ4v) is 3.51. The van der Waals surface area contributed by atoms with Crippen LogP contribution in [0, 0.1) is 6.92 Å². The van der Waals surface area contributed by atoms with E-state index in [1.807, 2.05) is 47.4 Å². The number of carbonyl (C=O) groups excluding carboxylic acids is 2. The van der Waals surface area contributed by atoms with Gasteiger partial charge in [-0.15, -0.1) is 0 Å². The summed E-state index contributed by atoms with van der Waals surface area (Å²) in [6.07, 6.45) is 0.357. The van der Waals surface area contributed by atoms with Crippen molar-refractivity contribution in [2.75, 3.05) is 32.7 Å². The van der Waals surface area contributed by atoms with Gasteiger partial charge in [-0.2, -0.15) is 0 Å². The van der Waals surface area contributed by atoms with Crippen LogP contribution in [0.2, 0.25) is 0 Å². The quantitative estimate of drug-likeness (QED) is 0.807. The van der Waals surface area contributed by atoms with Crippen molar-refractivity contribution in [2.24, 2.45) is 5.73 Å². The van der Waals surface area contributed by atoms with E-state index in [0.29, 0.717) is 26.1 Å². The average molecular weight is 380 g/mol. The third kappa shape index (κ3) is 5.33. The Balaban J connectivity index is 1.66. The fraction of sp³-hybridized carbons (Fsp3) is 0.364. The molecular formula is C22H28N4O2. The highest BCUT2D eigenvalue weighted by molar-refractivity contribution is 5.75. The number of nitrogens with two attached hydrogens (primary N) is 1. The summed E-state index contributed by atoms with van der Waals surface area (Å²) in [4.78, 5) is 27.9. The number of nitrogens with zero attached hydrogens (tertiary/aromatic N) is 2. The number of piperazine rings is 1. The minimum Gasteiger partial charge on any atom is -0.370 e. The third-order valence-electron chi connectivity index (χ3n) is 5.11. The van der Waals surface area contributed by atoms with Crippen molar-refractivity contribution < 1.29 is 9.59 Å². The Morgan fingerprint density at radius 1 is 1.00 bits per heavy atom. The zero-order chi connectivity index (χ0) is 19.9. The van der Waals surface area contributed by atoms with Gasteiger partial charge >= 0.3 is 6.03 Å². The first kappa shape index (κ1) is 19.9. The van der Waals surface area contributed by atoms with Gasteiger partial charge in [0.2, 0.25) is 5.91 Å². The number of urea groups is 1. The zero-order valence-corrected chi connectivity index (χ0v) is 16.3. The summed E-state index contributed by atoms with van der Waals surface area (Å²) in [5.41, 5.74) is 8.51. The van der Waals surface area contributed by atoms with Gasteiger partial charge in [0, 0.05) is 39.1 Å². The largest absolute Gasteiger partial charge is 0.370 e. The van der Waals surface area contributed by atoms with E-state index in [9.17, 15) is 9.59 Å². The van der Waals surface area contributed by atoms with Gasteiger partial charge in [0.05, 0.1) is 6.04 Å². The van der Waals surface area contributed by atoms with Crippen LogP contribution in [0.5, 0.6) is 0 Å². The lowest BCUT2D eigenvalue weighted by Gasteiger charge is -2.35. The monoisotopic (exact) mass is 380 g/mol. The van der Waals surface area contributed by atoms with Crippen LogP contribution in [0.25, 0.3) is 0 Å². The average Bonchev–Trinajstić information content (AvgIpc) is 2.71. The van der Waals surface area contributed by atoms with Gasteiger partial charge in [-0.25, -0.2) is 4.79 Å². The first-order chi connectivity index (χ1) is 13.5. The van der Waals surface area contributed by atoms with Gasteiger partial charge in [-0.05, 0) is 18.1 Å². The highest BCUT2D eigenvalue weighted by Gasteiger charge is 2.24. The van der Waals surface area contributed by atoms with E-state index in [1.54, 1.807) is 0 Å². The molecule has 1 fully saturated rings. The van der Waals surface area contributed by atoms with Crippen LogP contribution < -0.4 is 11.1 Å². The summed E-state index contributed by atoms with van der Waals surface area (Å²) in [5, 5.41) is 3.21. The summed E-state index contributed by atoms with van der Waals surface area (Å²) >= 11 is 0. The molecule has 0 aromatic heterocycles. The van der Waals surface area contributed by atoms with Gasteiger partial charge < -0.3 is 16.0 Å². The number of rotatable bonds is 6. The van der Waals surface area contributed by atoms with Gasteiger partial charge in [0.25, 0.3) is 0 Å². The predicted octanol–water partition coefficient (Wildman–Crippen LogP) is 2.29. The molecule has 6 heteroatoms. The van der Waals surface area contributed by atoms with Gasteiger partial charge in [-0.1, -0.05) is 60.2 Å². The molecule has 2 aromatic rings. The number of carbonyl (C=O) groups is 2. The molecule has 0 bridgehead atoms. The normalized spacial score (nSPS) is 15.8. The molecule has 0 spiro atoms. The van der Waals surface area contributed by atoms with Crippen LogP contribution in [0.3, 0.4) is 0 Å².